The Labute approximate surface area is 184 Å². The summed E-state index contributed by atoms with van der Waals surface area (Å²) in [5.41, 5.74) is 3.17. The van der Waals surface area contributed by atoms with E-state index in [-0.39, 0.29) is 15.3 Å². The molecule has 0 amide bonds. The number of carbonyl (C=O) groups is 1. The van der Waals surface area contributed by atoms with Gasteiger partial charge in [-0.15, -0.1) is 0 Å². The monoisotopic (exact) mass is 478 g/mol. The quantitative estimate of drug-likeness (QED) is 0.341. The molecule has 3 aromatic carbocycles. The van der Waals surface area contributed by atoms with E-state index >= 15 is 0 Å². The van der Waals surface area contributed by atoms with Crippen LogP contribution in [0.1, 0.15) is 47.8 Å². The van der Waals surface area contributed by atoms with E-state index in [2.05, 4.69) is 75.4 Å². The molecule has 3 aromatic rings. The SMILES string of the molecule is CC(C)(C)[C@]12[Se][P@]1[C@]1(c3ccccc3)O[C@@]2(c2ccccc2)C(=O)c2ccccc21. The van der Waals surface area contributed by atoms with Crippen molar-refractivity contribution in [2.45, 2.75) is 35.8 Å². The number of benzene rings is 3. The molecule has 0 unspecified atom stereocenters. The third-order valence-electron chi connectivity index (χ3n) is 6.76. The summed E-state index contributed by atoms with van der Waals surface area (Å²) < 4.78 is 7.14. The van der Waals surface area contributed by atoms with Crippen molar-refractivity contribution < 1.29 is 9.53 Å². The van der Waals surface area contributed by atoms with Crippen molar-refractivity contribution in [1.82, 2.24) is 0 Å². The van der Waals surface area contributed by atoms with E-state index in [0.717, 1.165) is 16.7 Å². The number of carbonyl (C=O) groups excluding carboxylic acids is 1. The molecule has 4 heteroatoms. The molecule has 2 fully saturated rings. The van der Waals surface area contributed by atoms with Gasteiger partial charge < -0.3 is 0 Å². The molecule has 3 heterocycles. The van der Waals surface area contributed by atoms with Crippen molar-refractivity contribution in [2.24, 2.45) is 5.41 Å². The van der Waals surface area contributed by atoms with Gasteiger partial charge in [-0.25, -0.2) is 0 Å². The van der Waals surface area contributed by atoms with E-state index in [1.807, 2.05) is 30.3 Å². The van der Waals surface area contributed by atoms with Crippen LogP contribution in [0.15, 0.2) is 84.9 Å². The first-order valence-corrected chi connectivity index (χ1v) is 14.8. The number of hydrogen-bond donors (Lipinski definition) is 0. The van der Waals surface area contributed by atoms with Crippen LogP contribution in [0.3, 0.4) is 0 Å². The fourth-order valence-corrected chi connectivity index (χ4v) is 19.7. The maximum absolute atomic E-state index is 14.4. The first-order chi connectivity index (χ1) is 14.4. The van der Waals surface area contributed by atoms with Crippen LogP contribution in [0.4, 0.5) is 0 Å². The molecule has 0 N–H and O–H groups in total. The summed E-state index contributed by atoms with van der Waals surface area (Å²) in [4.78, 5) is 14.4. The molecular weight excluding hydrogens is 454 g/mol. The van der Waals surface area contributed by atoms with E-state index in [1.54, 1.807) is 0 Å². The maximum atomic E-state index is 14.4. The Hall–Kier alpha value is -1.76. The molecule has 0 spiro atoms. The van der Waals surface area contributed by atoms with Gasteiger partial charge in [-0.05, 0) is 0 Å². The molecule has 3 aliphatic rings. The zero-order chi connectivity index (χ0) is 20.8. The molecule has 2 saturated heterocycles. The van der Waals surface area contributed by atoms with Crippen LogP contribution < -0.4 is 0 Å². The second-order valence-electron chi connectivity index (χ2n) is 9.31. The molecule has 6 rings (SSSR count). The van der Waals surface area contributed by atoms with Gasteiger partial charge in [0, 0.05) is 0 Å². The summed E-state index contributed by atoms with van der Waals surface area (Å²) in [7, 11) is 0. The van der Waals surface area contributed by atoms with Gasteiger partial charge in [0.2, 0.25) is 0 Å². The van der Waals surface area contributed by atoms with Crippen LogP contribution in [0, 0.1) is 5.41 Å². The third kappa shape index (κ3) is 1.96. The predicted molar refractivity (Wildman–Crippen MR) is 122 cm³/mol. The van der Waals surface area contributed by atoms with Crippen molar-refractivity contribution >= 4 is 26.9 Å². The average molecular weight is 477 g/mol. The summed E-state index contributed by atoms with van der Waals surface area (Å²) in [6.45, 7) is 6.39. The zero-order valence-electron chi connectivity index (χ0n) is 17.3. The van der Waals surface area contributed by atoms with E-state index < -0.39 is 17.6 Å². The molecule has 4 atom stereocenters. The van der Waals surface area contributed by atoms with E-state index in [4.69, 9.17) is 4.74 Å². The summed E-state index contributed by atoms with van der Waals surface area (Å²) in [5, 5.41) is -0.510. The number of ether oxygens (including phenoxy) is 1. The summed E-state index contributed by atoms with van der Waals surface area (Å²) in [6, 6.07) is 29.1. The van der Waals surface area contributed by atoms with Crippen molar-refractivity contribution in [2.75, 3.05) is 0 Å². The second-order valence-corrected chi connectivity index (χ2v) is 16.8. The summed E-state index contributed by atoms with van der Waals surface area (Å²) >= 11 is 0.341. The molecule has 0 saturated carbocycles. The predicted octanol–water partition coefficient (Wildman–Crippen LogP) is 5.87. The molecule has 0 radical (unpaired) electrons. The minimum atomic E-state index is -0.914. The van der Waals surface area contributed by atoms with Crippen molar-refractivity contribution in [3.8, 4) is 0 Å². The van der Waals surface area contributed by atoms with Gasteiger partial charge >= 0.3 is 185 Å². The molecule has 2 nitrogen and oxygen atoms in total. The normalized spacial score (nSPS) is 33.7. The van der Waals surface area contributed by atoms with E-state index in [0.29, 0.717) is 14.5 Å². The second kappa shape index (κ2) is 5.93. The molecule has 2 bridgehead atoms. The number of fused-ring (bicyclic) bond motifs is 7. The van der Waals surface area contributed by atoms with Gasteiger partial charge in [0.15, 0.2) is 0 Å². The molecular formula is C26H23O2PSe. The zero-order valence-corrected chi connectivity index (χ0v) is 19.9. The molecule has 0 aliphatic carbocycles. The van der Waals surface area contributed by atoms with Gasteiger partial charge in [-0.2, -0.15) is 0 Å². The van der Waals surface area contributed by atoms with Crippen LogP contribution in [-0.4, -0.2) is 24.4 Å². The summed E-state index contributed by atoms with van der Waals surface area (Å²) in [6.07, 6.45) is 0. The number of Topliss-reactive ketones (excluding diaryl/α,β-unsaturated/α-hetero) is 1. The number of hydrogen-bond acceptors (Lipinski definition) is 2. The van der Waals surface area contributed by atoms with Crippen molar-refractivity contribution in [1.29, 1.82) is 0 Å². The standard InChI is InChI=1S/C26H23O2PSe/c1-23(2,3)26-24(18-12-6-4-7-13-18)22(27)20-16-10-11-17-21(20)25(28-24,29(26)30-26)19-14-8-5-9-15-19/h4-17H,1-3H3/t24-,25-,26+,29+/m0/s1. The Morgan fingerprint density at radius 3 is 2.00 bits per heavy atom. The van der Waals surface area contributed by atoms with Gasteiger partial charge in [-0.1, -0.05) is 0 Å². The number of rotatable bonds is 2. The van der Waals surface area contributed by atoms with Crippen LogP contribution >= 0.6 is 6.61 Å². The third-order valence-corrected chi connectivity index (χ3v) is 18.0. The molecule has 30 heavy (non-hydrogen) atoms. The Kier molecular flexibility index (Phi) is 3.75. The number of ketones is 1. The molecule has 0 aromatic heterocycles. The first kappa shape index (κ1) is 19.0. The Morgan fingerprint density at radius 2 is 1.37 bits per heavy atom. The Bertz CT molecular complexity index is 1170. The summed E-state index contributed by atoms with van der Waals surface area (Å²) in [5.74, 6) is 0.148. The average Bonchev–Trinajstić information content (AvgIpc) is 3.50. The van der Waals surface area contributed by atoms with Gasteiger partial charge in [0.05, 0.1) is 0 Å². The van der Waals surface area contributed by atoms with Crippen LogP contribution in [0.5, 0.6) is 0 Å². The van der Waals surface area contributed by atoms with Gasteiger partial charge in [0.25, 0.3) is 0 Å². The van der Waals surface area contributed by atoms with E-state index in [9.17, 15) is 4.79 Å². The van der Waals surface area contributed by atoms with Gasteiger partial charge in [-0.3, -0.25) is 0 Å². The first-order valence-electron chi connectivity index (χ1n) is 10.3. The molecule has 150 valence electrons. The topological polar surface area (TPSA) is 26.3 Å². The fraction of sp³-hybridized carbons (Fsp3) is 0.269. The van der Waals surface area contributed by atoms with Crippen molar-refractivity contribution in [3.63, 3.8) is 0 Å². The van der Waals surface area contributed by atoms with Gasteiger partial charge in [0.1, 0.15) is 0 Å². The van der Waals surface area contributed by atoms with Crippen LogP contribution in [0.2, 0.25) is 0 Å². The molecule has 3 aliphatic heterocycles. The minimum absolute atomic E-state index is 0.0389. The van der Waals surface area contributed by atoms with Crippen molar-refractivity contribution in [3.05, 3.63) is 107 Å². The fourth-order valence-electron chi connectivity index (χ4n) is 5.49. The van der Waals surface area contributed by atoms with Crippen LogP contribution in [-0.2, 0) is 15.7 Å². The Balaban J connectivity index is 1.76. The van der Waals surface area contributed by atoms with E-state index in [1.165, 1.54) is 5.56 Å². The Morgan fingerprint density at radius 1 is 0.800 bits per heavy atom. The van der Waals surface area contributed by atoms with Crippen LogP contribution in [0.25, 0.3) is 0 Å².